The number of H-pyrrole nitrogens is 1. The third kappa shape index (κ3) is 4.22. The molecule has 0 fully saturated rings. The predicted octanol–water partition coefficient (Wildman–Crippen LogP) is 3.17. The summed E-state index contributed by atoms with van der Waals surface area (Å²) in [7, 11) is 0. The Morgan fingerprint density at radius 2 is 2.04 bits per heavy atom. The van der Waals surface area contributed by atoms with Crippen molar-refractivity contribution in [3.63, 3.8) is 0 Å². The van der Waals surface area contributed by atoms with Gasteiger partial charge in [-0.1, -0.05) is 12.1 Å². The average molecular weight is 313 g/mol. The van der Waals surface area contributed by atoms with Crippen LogP contribution in [0.15, 0.2) is 29.4 Å². The summed E-state index contributed by atoms with van der Waals surface area (Å²) in [5.41, 5.74) is 7.70. The number of amides is 1. The summed E-state index contributed by atoms with van der Waals surface area (Å²) in [4.78, 5) is 15.3. The van der Waals surface area contributed by atoms with Gasteiger partial charge in [-0.3, -0.25) is 4.79 Å². The van der Waals surface area contributed by atoms with Crippen molar-refractivity contribution >= 4 is 12.1 Å². The highest BCUT2D eigenvalue weighted by Crippen LogP contribution is 2.21. The van der Waals surface area contributed by atoms with Gasteiger partial charge in [0.2, 0.25) is 0 Å². The van der Waals surface area contributed by atoms with E-state index in [2.05, 4.69) is 15.5 Å². The molecular formula is C18H23N3O2. The first-order valence-corrected chi connectivity index (χ1v) is 7.60. The fourth-order valence-electron chi connectivity index (χ4n) is 2.23. The Hall–Kier alpha value is -2.56. The van der Waals surface area contributed by atoms with Gasteiger partial charge >= 0.3 is 0 Å². The van der Waals surface area contributed by atoms with Crippen LogP contribution in [0, 0.1) is 27.7 Å². The van der Waals surface area contributed by atoms with E-state index >= 15 is 0 Å². The number of hydrogen-bond donors (Lipinski definition) is 2. The lowest BCUT2D eigenvalue weighted by Gasteiger charge is -2.15. The van der Waals surface area contributed by atoms with Gasteiger partial charge in [0.05, 0.1) is 6.21 Å². The van der Waals surface area contributed by atoms with Gasteiger partial charge in [-0.05, 0) is 57.9 Å². The maximum Gasteiger partial charge on any atom is 0.280 e. The second-order valence-electron chi connectivity index (χ2n) is 5.73. The molecule has 0 aliphatic rings. The minimum atomic E-state index is -0.623. The van der Waals surface area contributed by atoms with Crippen molar-refractivity contribution in [1.29, 1.82) is 0 Å². The van der Waals surface area contributed by atoms with Crippen LogP contribution in [0.2, 0.25) is 0 Å². The number of carbonyl (C=O) groups excluding carboxylic acids is 1. The van der Waals surface area contributed by atoms with Crippen molar-refractivity contribution in [2.45, 2.75) is 40.7 Å². The van der Waals surface area contributed by atoms with Crippen LogP contribution < -0.4 is 10.2 Å². The number of aromatic amines is 1. The maximum absolute atomic E-state index is 12.1. The van der Waals surface area contributed by atoms with Crippen LogP contribution in [0.3, 0.4) is 0 Å². The Bertz CT molecular complexity index is 732. The van der Waals surface area contributed by atoms with Gasteiger partial charge in [0.25, 0.3) is 5.91 Å². The van der Waals surface area contributed by atoms with Crippen LogP contribution in [-0.4, -0.2) is 23.2 Å². The quantitative estimate of drug-likeness (QED) is 0.658. The zero-order valence-corrected chi connectivity index (χ0v) is 14.2. The molecule has 0 radical (unpaired) electrons. The van der Waals surface area contributed by atoms with E-state index in [1.165, 1.54) is 0 Å². The molecule has 0 spiro atoms. The molecule has 2 N–H and O–H groups in total. The molecule has 0 bridgehead atoms. The van der Waals surface area contributed by atoms with Crippen molar-refractivity contribution in [2.24, 2.45) is 5.10 Å². The van der Waals surface area contributed by atoms with E-state index in [0.717, 1.165) is 28.1 Å². The molecule has 0 aliphatic carbocycles. The summed E-state index contributed by atoms with van der Waals surface area (Å²) >= 11 is 0. The SMILES string of the molecule is Cc1cc(/C=N/NC(=O)[C@H](C)Oc2cccc(C)c2C)c(C)[nH]1. The van der Waals surface area contributed by atoms with E-state index in [9.17, 15) is 4.79 Å². The Labute approximate surface area is 136 Å². The first-order valence-electron chi connectivity index (χ1n) is 7.60. The Morgan fingerprint density at radius 3 is 2.70 bits per heavy atom. The standard InChI is InChI=1S/C18H23N3O2/c1-11-7-6-8-17(13(11)3)23-15(5)18(22)21-19-10-16-9-12(2)20-14(16)4/h6-10,15,20H,1-5H3,(H,21,22)/b19-10+/t15-/m0/s1. The summed E-state index contributed by atoms with van der Waals surface area (Å²) in [6.45, 7) is 9.63. The minimum Gasteiger partial charge on any atom is -0.481 e. The second-order valence-corrected chi connectivity index (χ2v) is 5.73. The summed E-state index contributed by atoms with van der Waals surface area (Å²) in [5, 5.41) is 3.99. The molecule has 0 saturated heterocycles. The van der Waals surface area contributed by atoms with Crippen LogP contribution >= 0.6 is 0 Å². The van der Waals surface area contributed by atoms with Crippen molar-refractivity contribution in [3.05, 3.63) is 52.3 Å². The molecule has 122 valence electrons. The van der Waals surface area contributed by atoms with Gasteiger partial charge in [-0.25, -0.2) is 5.43 Å². The van der Waals surface area contributed by atoms with Gasteiger partial charge in [-0.15, -0.1) is 0 Å². The number of aryl methyl sites for hydroxylation is 3. The van der Waals surface area contributed by atoms with Gasteiger partial charge in [-0.2, -0.15) is 5.10 Å². The molecule has 0 unspecified atom stereocenters. The third-order valence-corrected chi connectivity index (χ3v) is 3.80. The summed E-state index contributed by atoms with van der Waals surface area (Å²) in [6.07, 6.45) is 1.00. The highest BCUT2D eigenvalue weighted by Gasteiger charge is 2.15. The molecule has 2 aromatic rings. The van der Waals surface area contributed by atoms with E-state index in [4.69, 9.17) is 4.74 Å². The van der Waals surface area contributed by atoms with E-state index < -0.39 is 6.10 Å². The first kappa shape index (κ1) is 16.8. The topological polar surface area (TPSA) is 66.5 Å². The van der Waals surface area contributed by atoms with Gasteiger partial charge in [0.1, 0.15) is 5.75 Å². The van der Waals surface area contributed by atoms with Crippen molar-refractivity contribution in [3.8, 4) is 5.75 Å². The van der Waals surface area contributed by atoms with Crippen LogP contribution in [0.25, 0.3) is 0 Å². The molecule has 1 aromatic carbocycles. The van der Waals surface area contributed by atoms with E-state index in [1.807, 2.05) is 52.0 Å². The first-order chi connectivity index (χ1) is 10.9. The summed E-state index contributed by atoms with van der Waals surface area (Å²) < 4.78 is 5.73. The van der Waals surface area contributed by atoms with Crippen molar-refractivity contribution < 1.29 is 9.53 Å². The van der Waals surface area contributed by atoms with Crippen molar-refractivity contribution in [1.82, 2.24) is 10.4 Å². The highest BCUT2D eigenvalue weighted by atomic mass is 16.5. The number of carbonyl (C=O) groups is 1. The largest absolute Gasteiger partial charge is 0.481 e. The lowest BCUT2D eigenvalue weighted by Crippen LogP contribution is -2.33. The van der Waals surface area contributed by atoms with Crippen LogP contribution in [0.5, 0.6) is 5.75 Å². The van der Waals surface area contributed by atoms with E-state index in [1.54, 1.807) is 13.1 Å². The predicted molar refractivity (Wildman–Crippen MR) is 92.0 cm³/mol. The zero-order chi connectivity index (χ0) is 17.0. The minimum absolute atomic E-state index is 0.285. The van der Waals surface area contributed by atoms with Gasteiger partial charge < -0.3 is 9.72 Å². The molecular weight excluding hydrogens is 290 g/mol. The molecule has 1 atom stereocenters. The van der Waals surface area contributed by atoms with Crippen molar-refractivity contribution in [2.75, 3.05) is 0 Å². The molecule has 5 nitrogen and oxygen atoms in total. The number of nitrogens with zero attached hydrogens (tertiary/aromatic N) is 1. The lowest BCUT2D eigenvalue weighted by atomic mass is 10.1. The smallest absolute Gasteiger partial charge is 0.280 e. The second kappa shape index (κ2) is 7.13. The third-order valence-electron chi connectivity index (χ3n) is 3.80. The number of hydrogen-bond acceptors (Lipinski definition) is 3. The number of benzene rings is 1. The normalized spacial score (nSPS) is 12.4. The molecule has 1 heterocycles. The highest BCUT2D eigenvalue weighted by molar-refractivity contribution is 5.85. The lowest BCUT2D eigenvalue weighted by molar-refractivity contribution is -0.127. The molecule has 1 aromatic heterocycles. The van der Waals surface area contributed by atoms with Crippen LogP contribution in [0.4, 0.5) is 0 Å². The molecule has 0 saturated carbocycles. The number of ether oxygens (including phenoxy) is 1. The number of rotatable bonds is 5. The molecule has 0 aliphatic heterocycles. The Morgan fingerprint density at radius 1 is 1.30 bits per heavy atom. The maximum atomic E-state index is 12.1. The fourth-order valence-corrected chi connectivity index (χ4v) is 2.23. The average Bonchev–Trinajstić information content (AvgIpc) is 2.81. The summed E-state index contributed by atoms with van der Waals surface area (Å²) in [6, 6.07) is 7.76. The van der Waals surface area contributed by atoms with Gasteiger partial charge in [0, 0.05) is 17.0 Å². The number of hydrazone groups is 1. The van der Waals surface area contributed by atoms with Crippen LogP contribution in [0.1, 0.15) is 35.0 Å². The monoisotopic (exact) mass is 313 g/mol. The molecule has 5 heteroatoms. The van der Waals surface area contributed by atoms with Gasteiger partial charge in [0.15, 0.2) is 6.10 Å². The Balaban J connectivity index is 1.95. The number of nitrogens with one attached hydrogen (secondary N) is 2. The van der Waals surface area contributed by atoms with E-state index in [-0.39, 0.29) is 5.91 Å². The molecule has 23 heavy (non-hydrogen) atoms. The van der Waals surface area contributed by atoms with Crippen LogP contribution in [-0.2, 0) is 4.79 Å². The fraction of sp³-hybridized carbons (Fsp3) is 0.333. The Kier molecular flexibility index (Phi) is 5.21. The molecule has 2 rings (SSSR count). The zero-order valence-electron chi connectivity index (χ0n) is 14.2. The number of aromatic nitrogens is 1. The van der Waals surface area contributed by atoms with E-state index in [0.29, 0.717) is 5.75 Å². The summed E-state index contributed by atoms with van der Waals surface area (Å²) in [5.74, 6) is 0.431. The molecule has 1 amide bonds.